The Balaban J connectivity index is 1.58. The molecule has 0 amide bonds. The van der Waals surface area contributed by atoms with Crippen LogP contribution in [0.1, 0.15) is 18.4 Å². The summed E-state index contributed by atoms with van der Waals surface area (Å²) in [5.41, 5.74) is 10.1. The molecule has 3 aromatic rings. The summed E-state index contributed by atoms with van der Waals surface area (Å²) in [4.78, 5) is 4.40. The fourth-order valence-electron chi connectivity index (χ4n) is 2.51. The van der Waals surface area contributed by atoms with Gasteiger partial charge < -0.3 is 10.3 Å². The maximum absolute atomic E-state index is 5.77. The van der Waals surface area contributed by atoms with Crippen molar-refractivity contribution < 1.29 is 0 Å². The number of anilines is 1. The number of nitrogen functional groups attached to an aromatic ring is 1. The van der Waals surface area contributed by atoms with Crippen molar-refractivity contribution >= 4 is 16.7 Å². The minimum Gasteiger partial charge on any atom is -0.399 e. The summed E-state index contributed by atoms with van der Waals surface area (Å²) in [5.74, 6) is 0. The van der Waals surface area contributed by atoms with Crippen molar-refractivity contribution in [2.24, 2.45) is 0 Å². The van der Waals surface area contributed by atoms with Crippen molar-refractivity contribution in [2.75, 3.05) is 5.73 Å². The molecule has 1 heterocycles. The number of aryl methyl sites for hydroxylation is 2. The van der Waals surface area contributed by atoms with Crippen LogP contribution in [-0.4, -0.2) is 9.55 Å². The summed E-state index contributed by atoms with van der Waals surface area (Å²) in [6.45, 7) is 1.01. The predicted octanol–water partition coefficient (Wildman–Crippen LogP) is 3.64. The van der Waals surface area contributed by atoms with E-state index in [2.05, 4.69) is 45.9 Å². The molecule has 0 aliphatic rings. The second-order valence-electron chi connectivity index (χ2n) is 5.13. The first-order chi connectivity index (χ1) is 9.83. The lowest BCUT2D eigenvalue weighted by molar-refractivity contribution is 0.621. The predicted molar refractivity (Wildman–Crippen MR) is 83.5 cm³/mol. The standard InChI is InChI=1S/C17H19N3/c18-15-9-10-17-16(12-15)19-13-20(17)11-5-4-8-14-6-2-1-3-7-14/h1-3,6-7,9-10,12-13H,4-5,8,11,18H2. The fourth-order valence-corrected chi connectivity index (χ4v) is 2.51. The number of rotatable bonds is 5. The molecule has 2 aromatic carbocycles. The number of nitrogens with two attached hydrogens (primary N) is 1. The first-order valence-electron chi connectivity index (χ1n) is 7.07. The smallest absolute Gasteiger partial charge is 0.0958 e. The number of hydrogen-bond acceptors (Lipinski definition) is 2. The maximum Gasteiger partial charge on any atom is 0.0958 e. The summed E-state index contributed by atoms with van der Waals surface area (Å²) in [6.07, 6.45) is 5.40. The van der Waals surface area contributed by atoms with Crippen LogP contribution in [0.15, 0.2) is 54.9 Å². The van der Waals surface area contributed by atoms with E-state index in [0.717, 1.165) is 30.6 Å². The Morgan fingerprint density at radius 1 is 1.00 bits per heavy atom. The molecule has 0 aliphatic heterocycles. The van der Waals surface area contributed by atoms with Gasteiger partial charge in [-0.15, -0.1) is 0 Å². The highest BCUT2D eigenvalue weighted by Gasteiger charge is 2.02. The zero-order chi connectivity index (χ0) is 13.8. The van der Waals surface area contributed by atoms with Gasteiger partial charge in [-0.2, -0.15) is 0 Å². The van der Waals surface area contributed by atoms with Crippen LogP contribution >= 0.6 is 0 Å². The lowest BCUT2D eigenvalue weighted by Crippen LogP contribution is -1.97. The topological polar surface area (TPSA) is 43.8 Å². The van der Waals surface area contributed by atoms with E-state index in [4.69, 9.17) is 5.73 Å². The molecule has 0 unspecified atom stereocenters. The van der Waals surface area contributed by atoms with E-state index in [0.29, 0.717) is 0 Å². The van der Waals surface area contributed by atoms with Crippen LogP contribution in [0, 0.1) is 0 Å². The Labute approximate surface area is 119 Å². The van der Waals surface area contributed by atoms with Gasteiger partial charge in [-0.05, 0) is 43.0 Å². The molecule has 0 fully saturated rings. The largest absolute Gasteiger partial charge is 0.399 e. The van der Waals surface area contributed by atoms with E-state index < -0.39 is 0 Å². The zero-order valence-electron chi connectivity index (χ0n) is 11.5. The van der Waals surface area contributed by atoms with Gasteiger partial charge in [0.05, 0.1) is 17.4 Å². The summed E-state index contributed by atoms with van der Waals surface area (Å²) in [5, 5.41) is 0. The second-order valence-corrected chi connectivity index (χ2v) is 5.13. The molecule has 20 heavy (non-hydrogen) atoms. The minimum absolute atomic E-state index is 0.770. The van der Waals surface area contributed by atoms with Crippen LogP contribution < -0.4 is 5.73 Å². The van der Waals surface area contributed by atoms with E-state index in [1.165, 1.54) is 17.5 Å². The van der Waals surface area contributed by atoms with E-state index in [9.17, 15) is 0 Å². The first-order valence-corrected chi connectivity index (χ1v) is 7.07. The molecule has 0 spiro atoms. The van der Waals surface area contributed by atoms with Gasteiger partial charge in [0.15, 0.2) is 0 Å². The van der Waals surface area contributed by atoms with Gasteiger partial charge in [0.2, 0.25) is 0 Å². The zero-order valence-corrected chi connectivity index (χ0v) is 11.5. The number of aromatic nitrogens is 2. The van der Waals surface area contributed by atoms with Crippen molar-refractivity contribution in [3.05, 3.63) is 60.4 Å². The molecule has 0 radical (unpaired) electrons. The van der Waals surface area contributed by atoms with Crippen molar-refractivity contribution in [1.29, 1.82) is 0 Å². The lowest BCUT2D eigenvalue weighted by atomic mass is 10.1. The highest BCUT2D eigenvalue weighted by Crippen LogP contribution is 2.17. The van der Waals surface area contributed by atoms with Gasteiger partial charge in [0, 0.05) is 12.2 Å². The van der Waals surface area contributed by atoms with Gasteiger partial charge in [0.25, 0.3) is 0 Å². The number of nitrogens with zero attached hydrogens (tertiary/aromatic N) is 2. The quantitative estimate of drug-likeness (QED) is 0.565. The molecular weight excluding hydrogens is 246 g/mol. The van der Waals surface area contributed by atoms with E-state index in [-0.39, 0.29) is 0 Å². The van der Waals surface area contributed by atoms with Crippen molar-refractivity contribution in [2.45, 2.75) is 25.8 Å². The third-order valence-corrected chi connectivity index (χ3v) is 3.60. The van der Waals surface area contributed by atoms with Gasteiger partial charge in [-0.3, -0.25) is 0 Å². The molecule has 3 nitrogen and oxygen atoms in total. The highest BCUT2D eigenvalue weighted by molar-refractivity contribution is 5.78. The minimum atomic E-state index is 0.770. The van der Waals surface area contributed by atoms with Gasteiger partial charge in [-0.1, -0.05) is 30.3 Å². The molecule has 0 saturated carbocycles. The first kappa shape index (κ1) is 12.7. The number of fused-ring (bicyclic) bond motifs is 1. The third kappa shape index (κ3) is 2.82. The Hall–Kier alpha value is -2.29. The lowest BCUT2D eigenvalue weighted by Gasteiger charge is -2.05. The molecule has 0 bridgehead atoms. The van der Waals surface area contributed by atoms with Crippen LogP contribution in [0.25, 0.3) is 11.0 Å². The highest BCUT2D eigenvalue weighted by atomic mass is 15.0. The van der Waals surface area contributed by atoms with Crippen LogP contribution in [0.5, 0.6) is 0 Å². The molecule has 3 rings (SSSR count). The van der Waals surface area contributed by atoms with Gasteiger partial charge >= 0.3 is 0 Å². The summed E-state index contributed by atoms with van der Waals surface area (Å²) < 4.78 is 2.21. The van der Waals surface area contributed by atoms with Crippen molar-refractivity contribution in [1.82, 2.24) is 9.55 Å². The fraction of sp³-hybridized carbons (Fsp3) is 0.235. The van der Waals surface area contributed by atoms with Gasteiger partial charge in [0.1, 0.15) is 0 Å². The molecule has 0 aliphatic carbocycles. The monoisotopic (exact) mass is 265 g/mol. The molecular formula is C17H19N3. The molecule has 0 atom stereocenters. The van der Waals surface area contributed by atoms with Crippen molar-refractivity contribution in [3.8, 4) is 0 Å². The number of hydrogen-bond donors (Lipinski definition) is 1. The van der Waals surface area contributed by atoms with E-state index in [1.54, 1.807) is 0 Å². The summed E-state index contributed by atoms with van der Waals surface area (Å²) in [7, 11) is 0. The molecule has 3 heteroatoms. The van der Waals surface area contributed by atoms with E-state index >= 15 is 0 Å². The Morgan fingerprint density at radius 3 is 2.70 bits per heavy atom. The third-order valence-electron chi connectivity index (χ3n) is 3.60. The number of unbranched alkanes of at least 4 members (excludes halogenated alkanes) is 1. The maximum atomic E-state index is 5.77. The van der Waals surface area contributed by atoms with Crippen LogP contribution in [0.3, 0.4) is 0 Å². The number of imidazole rings is 1. The second kappa shape index (κ2) is 5.78. The molecule has 1 aromatic heterocycles. The van der Waals surface area contributed by atoms with Crippen LogP contribution in [0.2, 0.25) is 0 Å². The normalized spacial score (nSPS) is 11.0. The van der Waals surface area contributed by atoms with Crippen molar-refractivity contribution in [3.63, 3.8) is 0 Å². The molecule has 0 saturated heterocycles. The van der Waals surface area contributed by atoms with E-state index in [1.807, 2.05) is 18.5 Å². The Kier molecular flexibility index (Phi) is 3.68. The Morgan fingerprint density at radius 2 is 1.85 bits per heavy atom. The van der Waals surface area contributed by atoms with Crippen LogP contribution in [0.4, 0.5) is 5.69 Å². The Bertz CT molecular complexity index is 686. The summed E-state index contributed by atoms with van der Waals surface area (Å²) in [6, 6.07) is 16.6. The average molecular weight is 265 g/mol. The molecule has 102 valence electrons. The SMILES string of the molecule is Nc1ccc2c(c1)ncn2CCCCc1ccccc1. The number of benzene rings is 2. The van der Waals surface area contributed by atoms with Crippen LogP contribution in [-0.2, 0) is 13.0 Å². The summed E-state index contributed by atoms with van der Waals surface area (Å²) >= 11 is 0. The average Bonchev–Trinajstić information content (AvgIpc) is 2.87. The molecule has 2 N–H and O–H groups in total. The van der Waals surface area contributed by atoms with Gasteiger partial charge in [-0.25, -0.2) is 4.98 Å².